The Labute approximate surface area is 407 Å². The monoisotopic (exact) mass is 994 g/mol. The standard InChI is InChI=1S/C47H51F5N18O2/c48-32-12-33-28(11-31(32)27-10-30(17-69-23-63-35-41(54)59-21-61-45(35)69)42(57-14-27)66-7-1-5-46(55,18-66)36(71)38(49)50)15-65-70(33)24-64-47(37(72)39(51)52)6-2-8-67(19-47)43-29(9-26(13-56-43)25-3-4-25)16-68-22-62-34-40(53)58-20-60-44(34)68/h9-15,20-23,25,36-39,64,71-72H,1-8,16-19,24,55H2,(H2,53,58,60)(H2,54,59,61)/t36-,37-,46-,47-/m1/s1. The second-order valence-electron chi connectivity index (χ2n) is 19.2. The van der Waals surface area contributed by atoms with Crippen molar-refractivity contribution in [1.29, 1.82) is 0 Å². The molecule has 72 heavy (non-hydrogen) atoms. The molecule has 0 spiro atoms. The van der Waals surface area contributed by atoms with E-state index in [0.29, 0.717) is 94.4 Å². The molecule has 0 amide bonds. The number of halogens is 5. The minimum absolute atomic E-state index is 0.0319. The molecule has 9 heterocycles. The summed E-state index contributed by atoms with van der Waals surface area (Å²) < 4.78 is 78.8. The lowest BCUT2D eigenvalue weighted by Gasteiger charge is -2.46. The minimum atomic E-state index is -3.10. The summed E-state index contributed by atoms with van der Waals surface area (Å²) in [5, 5.41) is 30.1. The number of aliphatic hydroxyl groups is 2. The van der Waals surface area contributed by atoms with E-state index in [1.807, 2.05) is 15.7 Å². The van der Waals surface area contributed by atoms with E-state index in [9.17, 15) is 27.8 Å². The van der Waals surface area contributed by atoms with E-state index in [1.54, 1.807) is 27.9 Å². The zero-order chi connectivity index (χ0) is 50.1. The number of hydrogen-bond acceptors (Lipinski definition) is 17. The molecule has 3 fully saturated rings. The molecule has 0 unspecified atom stereocenters. The van der Waals surface area contributed by atoms with E-state index in [0.717, 1.165) is 24.0 Å². The Morgan fingerprint density at radius 1 is 0.708 bits per heavy atom. The van der Waals surface area contributed by atoms with Crippen LogP contribution in [0.2, 0.25) is 0 Å². The lowest BCUT2D eigenvalue weighted by Crippen LogP contribution is -2.65. The smallest absolute Gasteiger partial charge is 0.265 e. The number of imidazole rings is 2. The topological polar surface area (TPSA) is 268 Å². The predicted molar refractivity (Wildman–Crippen MR) is 257 cm³/mol. The molecule has 2 saturated heterocycles. The third-order valence-corrected chi connectivity index (χ3v) is 14.4. The number of aliphatic hydroxyl groups excluding tert-OH is 2. The molecular formula is C47H51F5N18O2. The second-order valence-corrected chi connectivity index (χ2v) is 19.2. The number of nitrogens with one attached hydrogen (secondary N) is 1. The van der Waals surface area contributed by atoms with Crippen molar-refractivity contribution in [2.45, 2.75) is 100 Å². The lowest BCUT2D eigenvalue weighted by molar-refractivity contribution is -0.0677. The molecule has 1 aromatic carbocycles. The highest BCUT2D eigenvalue weighted by molar-refractivity contribution is 5.86. The van der Waals surface area contributed by atoms with Crippen molar-refractivity contribution in [3.05, 3.63) is 90.7 Å². The fourth-order valence-corrected chi connectivity index (χ4v) is 10.5. The van der Waals surface area contributed by atoms with Gasteiger partial charge in [0.15, 0.2) is 22.9 Å². The first kappa shape index (κ1) is 47.1. The largest absolute Gasteiger partial charge is 0.385 e. The molecule has 3 aliphatic rings. The Morgan fingerprint density at radius 2 is 1.32 bits per heavy atom. The molecule has 9 N–H and O–H groups in total. The molecule has 25 heteroatoms. The van der Waals surface area contributed by atoms with Crippen molar-refractivity contribution in [1.82, 2.24) is 64.1 Å². The van der Waals surface area contributed by atoms with Crippen LogP contribution in [0.25, 0.3) is 44.4 Å². The van der Waals surface area contributed by atoms with Gasteiger partial charge in [-0.05, 0) is 68.2 Å². The summed E-state index contributed by atoms with van der Waals surface area (Å²) >= 11 is 0. The third kappa shape index (κ3) is 8.61. The first-order valence-corrected chi connectivity index (χ1v) is 23.6. The van der Waals surface area contributed by atoms with E-state index in [-0.39, 0.29) is 56.3 Å². The number of piperidine rings is 2. The van der Waals surface area contributed by atoms with E-state index in [2.05, 4.69) is 46.4 Å². The molecule has 20 nitrogen and oxygen atoms in total. The van der Waals surface area contributed by atoms with Crippen LogP contribution in [0.4, 0.5) is 45.2 Å². The SMILES string of the molecule is Nc1ncnc2c1ncn2Cc1cc(-c2cc3cnn(CN[C@]4([C@H](O)C(F)F)CCCN(c5ncc(C6CC6)cc5Cn5cnc6c(N)ncnc65)C4)c3cc2F)cnc1N1CCC[C@](N)([C@H](O)C(F)F)C1. The van der Waals surface area contributed by atoms with Gasteiger partial charge in [0.25, 0.3) is 12.9 Å². The van der Waals surface area contributed by atoms with Crippen molar-refractivity contribution in [2.24, 2.45) is 5.73 Å². The molecular weight excluding hydrogens is 944 g/mol. The number of aromatic nitrogens is 12. The Morgan fingerprint density at radius 3 is 1.96 bits per heavy atom. The number of rotatable bonds is 15. The van der Waals surface area contributed by atoms with Crippen LogP contribution in [0, 0.1) is 5.82 Å². The van der Waals surface area contributed by atoms with Gasteiger partial charge < -0.3 is 46.3 Å². The van der Waals surface area contributed by atoms with Gasteiger partial charge in [0.1, 0.15) is 53.3 Å². The van der Waals surface area contributed by atoms with Gasteiger partial charge in [-0.15, -0.1) is 0 Å². The zero-order valence-corrected chi connectivity index (χ0v) is 38.7. The van der Waals surface area contributed by atoms with Gasteiger partial charge in [0, 0.05) is 72.3 Å². The second kappa shape index (κ2) is 18.4. The van der Waals surface area contributed by atoms with E-state index in [1.165, 1.54) is 42.1 Å². The summed E-state index contributed by atoms with van der Waals surface area (Å²) in [7, 11) is 0. The number of nitrogens with two attached hydrogens (primary N) is 3. The van der Waals surface area contributed by atoms with Gasteiger partial charge >= 0.3 is 0 Å². The fourth-order valence-electron chi connectivity index (χ4n) is 10.5. The molecule has 7 aromatic heterocycles. The van der Waals surface area contributed by atoms with Crippen LogP contribution in [-0.2, 0) is 19.8 Å². The lowest BCUT2D eigenvalue weighted by atomic mass is 9.83. The van der Waals surface area contributed by atoms with Crippen molar-refractivity contribution in [3.8, 4) is 11.1 Å². The average molecular weight is 995 g/mol. The maximum atomic E-state index is 16.6. The predicted octanol–water partition coefficient (Wildman–Crippen LogP) is 4.19. The molecule has 376 valence electrons. The molecule has 0 bridgehead atoms. The third-order valence-electron chi connectivity index (χ3n) is 14.4. The summed E-state index contributed by atoms with van der Waals surface area (Å²) in [6.07, 6.45) is 3.63. The van der Waals surface area contributed by atoms with Gasteiger partial charge in [-0.25, -0.2) is 61.8 Å². The summed E-state index contributed by atoms with van der Waals surface area (Å²) in [4.78, 5) is 39.0. The molecule has 4 atom stereocenters. The first-order valence-electron chi connectivity index (χ1n) is 23.6. The molecule has 8 aromatic rings. The number of benzene rings is 1. The summed E-state index contributed by atoms with van der Waals surface area (Å²) in [5.74, 6) is 1.12. The van der Waals surface area contributed by atoms with Crippen molar-refractivity contribution in [3.63, 3.8) is 0 Å². The molecule has 2 aliphatic heterocycles. The van der Waals surface area contributed by atoms with Crippen LogP contribution in [0.15, 0.2) is 68.2 Å². The normalized spacial score (nSPS) is 20.7. The summed E-state index contributed by atoms with van der Waals surface area (Å²) in [6, 6.07) is 6.73. The maximum Gasteiger partial charge on any atom is 0.265 e. The maximum absolute atomic E-state index is 16.6. The number of anilines is 4. The van der Waals surface area contributed by atoms with Gasteiger partial charge in [-0.1, -0.05) is 0 Å². The number of fused-ring (bicyclic) bond motifs is 3. The number of nitrogens with zero attached hydrogens (tertiary/aromatic N) is 14. The zero-order valence-electron chi connectivity index (χ0n) is 38.7. The van der Waals surface area contributed by atoms with E-state index >= 15 is 4.39 Å². The number of alkyl halides is 4. The number of nitrogen functional groups attached to an aromatic ring is 2. The van der Waals surface area contributed by atoms with E-state index in [4.69, 9.17) is 27.2 Å². The molecule has 1 saturated carbocycles. The summed E-state index contributed by atoms with van der Waals surface area (Å²) in [6.45, 7) is 0.977. The highest BCUT2D eigenvalue weighted by atomic mass is 19.3. The van der Waals surface area contributed by atoms with Crippen LogP contribution in [0.5, 0.6) is 0 Å². The van der Waals surface area contributed by atoms with Gasteiger partial charge in [-0.3, -0.25) is 10.00 Å². The molecule has 1 aliphatic carbocycles. The fraction of sp³-hybridized carbons (Fsp3) is 0.426. The van der Waals surface area contributed by atoms with Gasteiger partial charge in [0.05, 0.1) is 55.2 Å². The van der Waals surface area contributed by atoms with Crippen LogP contribution < -0.4 is 32.3 Å². The van der Waals surface area contributed by atoms with Crippen LogP contribution in [-0.4, -0.2) is 131 Å². The molecule has 0 radical (unpaired) electrons. The highest BCUT2D eigenvalue weighted by Gasteiger charge is 2.47. The van der Waals surface area contributed by atoms with Crippen LogP contribution >= 0.6 is 0 Å². The van der Waals surface area contributed by atoms with Crippen molar-refractivity contribution in [2.75, 3.05) is 47.4 Å². The quantitative estimate of drug-likeness (QED) is 0.0787. The Balaban J connectivity index is 0.886. The van der Waals surface area contributed by atoms with Crippen molar-refractivity contribution < 1.29 is 32.2 Å². The Bertz CT molecular complexity index is 3310. The summed E-state index contributed by atoms with van der Waals surface area (Å²) in [5.41, 5.74) is 20.5. The highest BCUT2D eigenvalue weighted by Crippen LogP contribution is 2.42. The van der Waals surface area contributed by atoms with Crippen LogP contribution in [0.1, 0.15) is 61.1 Å². The Hall–Kier alpha value is -7.22. The number of hydrogen-bond donors (Lipinski definition) is 6. The minimum Gasteiger partial charge on any atom is -0.385 e. The number of pyridine rings is 2. The van der Waals surface area contributed by atoms with Crippen LogP contribution in [0.3, 0.4) is 0 Å². The van der Waals surface area contributed by atoms with Gasteiger partial charge in [0.2, 0.25) is 0 Å². The van der Waals surface area contributed by atoms with Gasteiger partial charge in [-0.2, -0.15) is 5.10 Å². The Kier molecular flexibility index (Phi) is 12.1. The van der Waals surface area contributed by atoms with E-state index < -0.39 is 42.0 Å². The first-order chi connectivity index (χ1) is 34.7. The average Bonchev–Trinajstić information content (AvgIpc) is 3.85. The van der Waals surface area contributed by atoms with Crippen molar-refractivity contribution >= 4 is 56.5 Å². The molecule has 11 rings (SSSR count).